The second-order valence-electron chi connectivity index (χ2n) is 4.86. The second-order valence-corrected chi connectivity index (χ2v) is 4.86. The van der Waals surface area contributed by atoms with E-state index in [4.69, 9.17) is 0 Å². The minimum absolute atomic E-state index is 0.0113. The SMILES string of the molecule is Cc1cc([N+](=O)[O-])ccc1N1C(=O)c2ccc(F)cc2C1=O. The number of non-ortho nitro benzene ring substituents is 1. The topological polar surface area (TPSA) is 80.5 Å². The van der Waals surface area contributed by atoms with Crippen LogP contribution in [0.15, 0.2) is 36.4 Å². The minimum Gasteiger partial charge on any atom is -0.268 e. The van der Waals surface area contributed by atoms with Gasteiger partial charge in [0.2, 0.25) is 0 Å². The Hall–Kier alpha value is -3.09. The Balaban J connectivity index is 2.09. The minimum atomic E-state index is -0.642. The number of halogens is 1. The zero-order valence-corrected chi connectivity index (χ0v) is 11.4. The van der Waals surface area contributed by atoms with Gasteiger partial charge in [-0.3, -0.25) is 19.7 Å². The maximum absolute atomic E-state index is 13.3. The molecule has 110 valence electrons. The fourth-order valence-electron chi connectivity index (χ4n) is 2.44. The van der Waals surface area contributed by atoms with E-state index in [0.29, 0.717) is 5.56 Å². The highest BCUT2D eigenvalue weighted by Crippen LogP contribution is 2.32. The summed E-state index contributed by atoms with van der Waals surface area (Å²) in [5.41, 5.74) is 0.622. The van der Waals surface area contributed by atoms with Crippen molar-refractivity contribution in [1.29, 1.82) is 0 Å². The van der Waals surface area contributed by atoms with Gasteiger partial charge in [0.15, 0.2) is 0 Å². The molecule has 7 heteroatoms. The number of rotatable bonds is 2. The Morgan fingerprint density at radius 1 is 1.05 bits per heavy atom. The van der Waals surface area contributed by atoms with Crippen molar-refractivity contribution in [3.63, 3.8) is 0 Å². The van der Waals surface area contributed by atoms with Crippen LogP contribution >= 0.6 is 0 Å². The van der Waals surface area contributed by atoms with Gasteiger partial charge in [0, 0.05) is 12.1 Å². The number of aryl methyl sites for hydroxylation is 1. The fraction of sp³-hybridized carbons (Fsp3) is 0.0667. The Kier molecular flexibility index (Phi) is 2.98. The zero-order valence-electron chi connectivity index (χ0n) is 11.4. The molecule has 1 aliphatic heterocycles. The summed E-state index contributed by atoms with van der Waals surface area (Å²) in [7, 11) is 0. The van der Waals surface area contributed by atoms with Crippen LogP contribution in [-0.4, -0.2) is 16.7 Å². The van der Waals surface area contributed by atoms with Gasteiger partial charge in [0.05, 0.1) is 21.7 Å². The highest BCUT2D eigenvalue weighted by molar-refractivity contribution is 6.34. The van der Waals surface area contributed by atoms with Crippen LogP contribution in [0, 0.1) is 22.9 Å². The number of hydrogen-bond donors (Lipinski definition) is 0. The largest absolute Gasteiger partial charge is 0.269 e. The molecule has 1 aliphatic rings. The smallest absolute Gasteiger partial charge is 0.268 e. The number of nitro benzene ring substituents is 1. The van der Waals surface area contributed by atoms with Crippen molar-refractivity contribution in [2.45, 2.75) is 6.92 Å². The number of nitrogens with zero attached hydrogens (tertiary/aromatic N) is 2. The van der Waals surface area contributed by atoms with Crippen LogP contribution < -0.4 is 4.90 Å². The Morgan fingerprint density at radius 2 is 1.73 bits per heavy atom. The molecule has 2 aromatic carbocycles. The number of hydrogen-bond acceptors (Lipinski definition) is 4. The Bertz CT molecular complexity index is 847. The van der Waals surface area contributed by atoms with Crippen LogP contribution in [0.4, 0.5) is 15.8 Å². The van der Waals surface area contributed by atoms with E-state index in [2.05, 4.69) is 0 Å². The number of carbonyl (C=O) groups excluding carboxylic acids is 2. The van der Waals surface area contributed by atoms with Gasteiger partial charge < -0.3 is 0 Å². The average Bonchev–Trinajstić information content (AvgIpc) is 2.71. The van der Waals surface area contributed by atoms with Crippen LogP contribution in [0.5, 0.6) is 0 Å². The van der Waals surface area contributed by atoms with E-state index < -0.39 is 22.6 Å². The van der Waals surface area contributed by atoms with Gasteiger partial charge in [-0.25, -0.2) is 9.29 Å². The molecule has 6 nitrogen and oxygen atoms in total. The molecule has 0 aliphatic carbocycles. The summed E-state index contributed by atoms with van der Waals surface area (Å²) in [6.45, 7) is 1.56. The number of amides is 2. The van der Waals surface area contributed by atoms with Gasteiger partial charge in [0.1, 0.15) is 5.82 Å². The molecule has 0 bridgehead atoms. The molecule has 0 radical (unpaired) electrons. The molecule has 0 spiro atoms. The molecule has 0 aromatic heterocycles. The molecule has 0 unspecified atom stereocenters. The lowest BCUT2D eigenvalue weighted by atomic mass is 10.1. The molecule has 22 heavy (non-hydrogen) atoms. The van der Waals surface area contributed by atoms with Gasteiger partial charge in [0.25, 0.3) is 17.5 Å². The predicted octanol–water partition coefficient (Wildman–Crippen LogP) is 2.84. The van der Waals surface area contributed by atoms with Crippen LogP contribution in [0.25, 0.3) is 0 Å². The first-order valence-corrected chi connectivity index (χ1v) is 6.33. The zero-order chi connectivity index (χ0) is 16.0. The molecule has 0 N–H and O–H groups in total. The van der Waals surface area contributed by atoms with Gasteiger partial charge in [-0.1, -0.05) is 0 Å². The van der Waals surface area contributed by atoms with Gasteiger partial charge in [-0.05, 0) is 36.8 Å². The summed E-state index contributed by atoms with van der Waals surface area (Å²) < 4.78 is 13.3. The lowest BCUT2D eigenvalue weighted by molar-refractivity contribution is -0.384. The lowest BCUT2D eigenvalue weighted by Gasteiger charge is -2.16. The molecule has 2 amide bonds. The first-order valence-electron chi connectivity index (χ1n) is 6.33. The summed E-state index contributed by atoms with van der Waals surface area (Å²) >= 11 is 0. The standard InChI is InChI=1S/C15H9FN2O4/c1-8-6-10(18(21)22)3-5-13(8)17-14(19)11-4-2-9(16)7-12(11)15(17)20/h2-7H,1H3. The summed E-state index contributed by atoms with van der Waals surface area (Å²) in [5, 5.41) is 10.7. The van der Waals surface area contributed by atoms with Crippen molar-refractivity contribution in [1.82, 2.24) is 0 Å². The van der Waals surface area contributed by atoms with Gasteiger partial charge in [-0.2, -0.15) is 0 Å². The maximum Gasteiger partial charge on any atom is 0.269 e. The number of carbonyl (C=O) groups is 2. The van der Waals surface area contributed by atoms with Crippen molar-refractivity contribution in [2.24, 2.45) is 0 Å². The normalized spacial score (nSPS) is 13.5. The first-order chi connectivity index (χ1) is 10.4. The van der Waals surface area contributed by atoms with Crippen molar-refractivity contribution >= 4 is 23.2 Å². The summed E-state index contributed by atoms with van der Waals surface area (Å²) in [6, 6.07) is 7.20. The maximum atomic E-state index is 13.3. The monoisotopic (exact) mass is 300 g/mol. The highest BCUT2D eigenvalue weighted by Gasteiger charge is 2.37. The van der Waals surface area contributed by atoms with Crippen LogP contribution in [-0.2, 0) is 0 Å². The summed E-state index contributed by atoms with van der Waals surface area (Å²) in [4.78, 5) is 35.8. The predicted molar refractivity (Wildman–Crippen MR) is 75.4 cm³/mol. The number of benzene rings is 2. The average molecular weight is 300 g/mol. The summed E-state index contributed by atoms with van der Waals surface area (Å²) in [5.74, 6) is -1.82. The number of fused-ring (bicyclic) bond motifs is 1. The molecule has 2 aromatic rings. The number of nitro groups is 1. The third kappa shape index (κ3) is 1.95. The van der Waals surface area contributed by atoms with E-state index in [0.717, 1.165) is 17.0 Å². The molecular weight excluding hydrogens is 291 g/mol. The van der Waals surface area contributed by atoms with E-state index in [1.54, 1.807) is 6.92 Å². The molecule has 0 saturated carbocycles. The Labute approximate surface area is 123 Å². The summed E-state index contributed by atoms with van der Waals surface area (Å²) in [6.07, 6.45) is 0. The number of imide groups is 1. The molecular formula is C15H9FN2O4. The molecule has 0 saturated heterocycles. The van der Waals surface area contributed by atoms with Crippen molar-refractivity contribution < 1.29 is 18.9 Å². The third-order valence-corrected chi connectivity index (χ3v) is 3.48. The van der Waals surface area contributed by atoms with Crippen molar-refractivity contribution in [3.8, 4) is 0 Å². The molecule has 1 heterocycles. The second kappa shape index (κ2) is 4.73. The first kappa shape index (κ1) is 13.9. The number of anilines is 1. The van der Waals surface area contributed by atoms with Crippen LogP contribution in [0.3, 0.4) is 0 Å². The van der Waals surface area contributed by atoms with E-state index in [-0.39, 0.29) is 22.5 Å². The van der Waals surface area contributed by atoms with Gasteiger partial charge >= 0.3 is 0 Å². The lowest BCUT2D eigenvalue weighted by Crippen LogP contribution is -2.30. The van der Waals surface area contributed by atoms with Crippen molar-refractivity contribution in [2.75, 3.05) is 4.90 Å². The van der Waals surface area contributed by atoms with Gasteiger partial charge in [-0.15, -0.1) is 0 Å². The Morgan fingerprint density at radius 3 is 2.36 bits per heavy atom. The molecule has 0 atom stereocenters. The third-order valence-electron chi connectivity index (χ3n) is 3.48. The van der Waals surface area contributed by atoms with E-state index in [1.165, 1.54) is 24.3 Å². The molecule has 0 fully saturated rings. The molecule has 3 rings (SSSR count). The highest BCUT2D eigenvalue weighted by atomic mass is 19.1. The van der Waals surface area contributed by atoms with E-state index in [1.807, 2.05) is 0 Å². The van der Waals surface area contributed by atoms with Crippen molar-refractivity contribution in [3.05, 3.63) is 69.0 Å². The van der Waals surface area contributed by atoms with Crippen LogP contribution in [0.1, 0.15) is 26.3 Å². The quantitative estimate of drug-likeness (QED) is 0.485. The van der Waals surface area contributed by atoms with Crippen LogP contribution in [0.2, 0.25) is 0 Å². The van der Waals surface area contributed by atoms with E-state index >= 15 is 0 Å². The fourth-order valence-corrected chi connectivity index (χ4v) is 2.44. The van der Waals surface area contributed by atoms with E-state index in [9.17, 15) is 24.1 Å².